The summed E-state index contributed by atoms with van der Waals surface area (Å²) < 4.78 is 0. The summed E-state index contributed by atoms with van der Waals surface area (Å²) in [7, 11) is 0. The minimum Gasteiger partial charge on any atom is -0.328 e. The second-order valence-electron chi connectivity index (χ2n) is 3.70. The Morgan fingerprint density at radius 2 is 1.33 bits per heavy atom. The number of hydrogen-bond donors (Lipinski definition) is 2. The van der Waals surface area contributed by atoms with Gasteiger partial charge in [-0.15, -0.1) is 0 Å². The van der Waals surface area contributed by atoms with E-state index >= 15 is 0 Å². The molecule has 1 aliphatic rings. The molecule has 0 spiro atoms. The van der Waals surface area contributed by atoms with Crippen LogP contribution in [0.25, 0.3) is 0 Å². The zero-order valence-corrected chi connectivity index (χ0v) is 6.65. The zero-order chi connectivity index (χ0) is 7.49. The molecule has 0 atom stereocenters. The van der Waals surface area contributed by atoms with E-state index in [0.717, 1.165) is 0 Å². The van der Waals surface area contributed by atoms with E-state index in [4.69, 9.17) is 11.5 Å². The van der Waals surface area contributed by atoms with Crippen molar-refractivity contribution in [3.8, 4) is 0 Å². The predicted octanol–water partition coefficient (Wildman–Crippen LogP) is 0.851. The molecule has 56 valence electrons. The highest BCUT2D eigenvalue weighted by molar-refractivity contribution is 4.75. The molecular weight excluding hydrogens is 112 g/mol. The van der Waals surface area contributed by atoms with Gasteiger partial charge in [-0.1, -0.05) is 0 Å². The molecule has 1 fully saturated rings. The Balaban J connectivity index is 0.000000144. The van der Waals surface area contributed by atoms with Gasteiger partial charge in [0, 0.05) is 11.6 Å². The van der Waals surface area contributed by atoms with E-state index < -0.39 is 0 Å². The molecule has 0 radical (unpaired) electrons. The summed E-state index contributed by atoms with van der Waals surface area (Å²) in [6.07, 6.45) is 2.53. The molecule has 0 aliphatic heterocycles. The molecule has 0 unspecified atom stereocenters. The van der Waals surface area contributed by atoms with Gasteiger partial charge in [0.05, 0.1) is 0 Å². The molecule has 2 nitrogen and oxygen atoms in total. The molecule has 1 saturated carbocycles. The fraction of sp³-hybridized carbons (Fsp3) is 1.00. The average Bonchev–Trinajstić information content (AvgIpc) is 2.13. The maximum Gasteiger partial charge on any atom is 0.00686 e. The van der Waals surface area contributed by atoms with Gasteiger partial charge in [0.1, 0.15) is 0 Å². The maximum atomic E-state index is 5.35. The van der Waals surface area contributed by atoms with Gasteiger partial charge in [0.25, 0.3) is 0 Å². The first-order valence-corrected chi connectivity index (χ1v) is 3.44. The van der Waals surface area contributed by atoms with Crippen molar-refractivity contribution in [3.05, 3.63) is 0 Å². The van der Waals surface area contributed by atoms with Gasteiger partial charge in [-0.25, -0.2) is 0 Å². The van der Waals surface area contributed by atoms with E-state index in [1.807, 2.05) is 20.8 Å². The fourth-order valence-corrected chi connectivity index (χ4v) is 0.0962. The predicted molar refractivity (Wildman–Crippen MR) is 41.1 cm³/mol. The summed E-state index contributed by atoms with van der Waals surface area (Å²) in [4.78, 5) is 0. The van der Waals surface area contributed by atoms with Crippen molar-refractivity contribution < 1.29 is 0 Å². The number of rotatable bonds is 0. The standard InChI is InChI=1S/C4H11N.C3H7N/c1-4(2,3)5;4-3-1-2-3/h5H2,1-3H3;3H,1-2,4H2. The molecule has 0 aromatic carbocycles. The Labute approximate surface area is 57.6 Å². The number of hydrogen-bond acceptors (Lipinski definition) is 2. The first kappa shape index (κ1) is 8.92. The topological polar surface area (TPSA) is 52.0 Å². The van der Waals surface area contributed by atoms with Crippen LogP contribution in [-0.4, -0.2) is 11.6 Å². The highest BCUT2D eigenvalue weighted by Gasteiger charge is 2.13. The summed E-state index contributed by atoms with van der Waals surface area (Å²) in [6.45, 7) is 5.90. The molecule has 0 amide bonds. The van der Waals surface area contributed by atoms with Crippen LogP contribution in [0, 0.1) is 0 Å². The largest absolute Gasteiger partial charge is 0.328 e. The molecule has 0 aromatic rings. The fourth-order valence-electron chi connectivity index (χ4n) is 0.0962. The van der Waals surface area contributed by atoms with Crippen molar-refractivity contribution in [2.45, 2.75) is 45.2 Å². The van der Waals surface area contributed by atoms with Gasteiger partial charge in [0.2, 0.25) is 0 Å². The normalized spacial score (nSPS) is 18.3. The van der Waals surface area contributed by atoms with Gasteiger partial charge >= 0.3 is 0 Å². The van der Waals surface area contributed by atoms with Crippen molar-refractivity contribution in [2.24, 2.45) is 11.5 Å². The summed E-state index contributed by atoms with van der Waals surface area (Å²) in [5.74, 6) is 0. The van der Waals surface area contributed by atoms with Crippen LogP contribution >= 0.6 is 0 Å². The van der Waals surface area contributed by atoms with Gasteiger partial charge in [-0.2, -0.15) is 0 Å². The second-order valence-corrected chi connectivity index (χ2v) is 3.70. The first-order valence-electron chi connectivity index (χ1n) is 3.44. The summed E-state index contributed by atoms with van der Waals surface area (Å²) in [6, 6.07) is 0.583. The quantitative estimate of drug-likeness (QED) is 0.511. The third kappa shape index (κ3) is 32.6. The van der Waals surface area contributed by atoms with E-state index in [1.165, 1.54) is 12.8 Å². The van der Waals surface area contributed by atoms with Crippen LogP contribution in [0.5, 0.6) is 0 Å². The summed E-state index contributed by atoms with van der Waals surface area (Å²) >= 11 is 0. The molecule has 0 saturated heterocycles. The van der Waals surface area contributed by atoms with Gasteiger partial charge in [0.15, 0.2) is 0 Å². The van der Waals surface area contributed by atoms with E-state index in [0.29, 0.717) is 6.04 Å². The molecule has 0 bridgehead atoms. The van der Waals surface area contributed by atoms with Crippen LogP contribution in [-0.2, 0) is 0 Å². The molecule has 0 aromatic heterocycles. The highest BCUT2D eigenvalue weighted by atomic mass is 14.7. The Bertz CT molecular complexity index is 63.5. The van der Waals surface area contributed by atoms with Crippen molar-refractivity contribution in [3.63, 3.8) is 0 Å². The minimum absolute atomic E-state index is 0. The lowest BCUT2D eigenvalue weighted by molar-refractivity contribution is 0.580. The van der Waals surface area contributed by atoms with E-state index in [-0.39, 0.29) is 5.54 Å². The highest BCUT2D eigenvalue weighted by Crippen LogP contribution is 2.13. The molecule has 4 N–H and O–H groups in total. The second kappa shape index (κ2) is 3.18. The molecule has 2 heteroatoms. The Hall–Kier alpha value is -0.0800. The first-order chi connectivity index (χ1) is 3.89. The lowest BCUT2D eigenvalue weighted by atomic mass is 10.1. The summed E-state index contributed by atoms with van der Waals surface area (Å²) in [5.41, 5.74) is 10.6. The van der Waals surface area contributed by atoms with E-state index in [2.05, 4.69) is 0 Å². The van der Waals surface area contributed by atoms with Gasteiger partial charge in [-0.3, -0.25) is 0 Å². The average molecular weight is 130 g/mol. The van der Waals surface area contributed by atoms with Crippen LogP contribution in [0.3, 0.4) is 0 Å². The van der Waals surface area contributed by atoms with Crippen molar-refractivity contribution in [1.82, 2.24) is 0 Å². The van der Waals surface area contributed by atoms with Crippen LogP contribution in [0.2, 0.25) is 0 Å². The zero-order valence-electron chi connectivity index (χ0n) is 6.65. The Kier molecular flexibility index (Phi) is 3.15. The monoisotopic (exact) mass is 130 g/mol. The number of nitrogens with two attached hydrogens (primary N) is 2. The molecule has 1 aliphatic carbocycles. The van der Waals surface area contributed by atoms with Crippen LogP contribution in [0.4, 0.5) is 0 Å². The smallest absolute Gasteiger partial charge is 0.00686 e. The van der Waals surface area contributed by atoms with E-state index in [9.17, 15) is 0 Å². The van der Waals surface area contributed by atoms with Gasteiger partial charge < -0.3 is 11.5 Å². The molecular formula is C7H18N2. The lowest BCUT2D eigenvalue weighted by Crippen LogP contribution is -2.26. The van der Waals surface area contributed by atoms with Crippen molar-refractivity contribution in [2.75, 3.05) is 0 Å². The lowest BCUT2D eigenvalue weighted by Gasteiger charge is -2.06. The third-order valence-electron chi connectivity index (χ3n) is 0.622. The molecule has 9 heavy (non-hydrogen) atoms. The van der Waals surface area contributed by atoms with Crippen LogP contribution in [0.1, 0.15) is 33.6 Å². The van der Waals surface area contributed by atoms with Crippen LogP contribution in [0.15, 0.2) is 0 Å². The third-order valence-corrected chi connectivity index (χ3v) is 0.622. The minimum atomic E-state index is 0. The Morgan fingerprint density at radius 1 is 1.22 bits per heavy atom. The Morgan fingerprint density at radius 3 is 1.33 bits per heavy atom. The SMILES string of the molecule is CC(C)(C)N.NC1CC1. The van der Waals surface area contributed by atoms with Crippen molar-refractivity contribution in [1.29, 1.82) is 0 Å². The van der Waals surface area contributed by atoms with Crippen molar-refractivity contribution >= 4 is 0 Å². The van der Waals surface area contributed by atoms with Crippen LogP contribution < -0.4 is 11.5 Å². The molecule has 1 rings (SSSR count). The van der Waals surface area contributed by atoms with E-state index in [1.54, 1.807) is 0 Å². The molecule has 0 heterocycles. The van der Waals surface area contributed by atoms with Gasteiger partial charge in [-0.05, 0) is 33.6 Å². The maximum absolute atomic E-state index is 5.35. The summed E-state index contributed by atoms with van der Waals surface area (Å²) in [5, 5.41) is 0.